The molecule has 9 heteroatoms. The van der Waals surface area contributed by atoms with Gasteiger partial charge in [0.1, 0.15) is 17.6 Å². The molecule has 1 aromatic carbocycles. The SMILES string of the molecule is C[Si](C)(C)OC(=O)C(Cc1ccc(O[Si](C)(C)C)c(O[Si](C)(C)C)c1)O[Si](C)(C)C. The highest BCUT2D eigenvalue weighted by molar-refractivity contribution is 6.72. The summed E-state index contributed by atoms with van der Waals surface area (Å²) in [6, 6.07) is 5.99. The lowest BCUT2D eigenvalue weighted by atomic mass is 10.1. The van der Waals surface area contributed by atoms with Crippen LogP contribution >= 0.6 is 0 Å². The first-order chi connectivity index (χ1) is 13.2. The van der Waals surface area contributed by atoms with E-state index in [1.54, 1.807) is 0 Å². The van der Waals surface area contributed by atoms with Gasteiger partial charge < -0.3 is 17.7 Å². The second-order valence-electron chi connectivity index (χ2n) is 11.7. The zero-order chi connectivity index (χ0) is 23.5. The highest BCUT2D eigenvalue weighted by Crippen LogP contribution is 2.33. The molecule has 0 heterocycles. The third-order valence-corrected chi connectivity index (χ3v) is 6.90. The molecule has 0 radical (unpaired) electrons. The summed E-state index contributed by atoms with van der Waals surface area (Å²) in [6.07, 6.45) is -0.144. The van der Waals surface area contributed by atoms with Crippen molar-refractivity contribution in [3.63, 3.8) is 0 Å². The summed E-state index contributed by atoms with van der Waals surface area (Å²) in [4.78, 5) is 12.9. The Bertz CT molecular complexity index is 725. The highest BCUT2D eigenvalue weighted by atomic mass is 28.4. The van der Waals surface area contributed by atoms with Crippen LogP contribution in [-0.2, 0) is 20.1 Å². The van der Waals surface area contributed by atoms with E-state index in [-0.39, 0.29) is 5.97 Å². The molecule has 172 valence electrons. The highest BCUT2D eigenvalue weighted by Gasteiger charge is 2.32. The normalized spacial score (nSPS) is 14.3. The summed E-state index contributed by atoms with van der Waals surface area (Å²) in [5.74, 6) is 1.29. The minimum Gasteiger partial charge on any atom is -0.542 e. The minimum atomic E-state index is -2.00. The molecule has 1 atom stereocenters. The largest absolute Gasteiger partial charge is 0.542 e. The predicted molar refractivity (Wildman–Crippen MR) is 136 cm³/mol. The molecular formula is C21H42O5Si4. The summed E-state index contributed by atoms with van der Waals surface area (Å²) >= 11 is 0. The van der Waals surface area contributed by atoms with Crippen molar-refractivity contribution in [2.75, 3.05) is 0 Å². The molecule has 30 heavy (non-hydrogen) atoms. The molecule has 0 N–H and O–H groups in total. The molecule has 0 aromatic heterocycles. The fourth-order valence-corrected chi connectivity index (χ4v) is 6.10. The molecule has 0 saturated heterocycles. The molecule has 1 unspecified atom stereocenters. The number of hydrogen-bond acceptors (Lipinski definition) is 5. The Morgan fingerprint density at radius 1 is 0.733 bits per heavy atom. The first kappa shape index (κ1) is 27.2. The second kappa shape index (κ2) is 9.72. The average molecular weight is 487 g/mol. The number of benzene rings is 1. The van der Waals surface area contributed by atoms with Gasteiger partial charge in [-0.05, 0) is 96.3 Å². The maximum Gasteiger partial charge on any atom is 0.321 e. The molecule has 0 saturated carbocycles. The van der Waals surface area contributed by atoms with E-state index < -0.39 is 39.4 Å². The molecule has 0 aliphatic rings. The lowest BCUT2D eigenvalue weighted by Gasteiger charge is -2.29. The fourth-order valence-electron chi connectivity index (χ4n) is 2.68. The van der Waals surface area contributed by atoms with Gasteiger partial charge in [-0.2, -0.15) is 0 Å². The van der Waals surface area contributed by atoms with Gasteiger partial charge in [0.15, 0.2) is 8.32 Å². The Morgan fingerprint density at radius 2 is 1.23 bits per heavy atom. The van der Waals surface area contributed by atoms with Gasteiger partial charge in [0, 0.05) is 6.42 Å². The Balaban J connectivity index is 3.24. The monoisotopic (exact) mass is 486 g/mol. The zero-order valence-electron chi connectivity index (χ0n) is 21.1. The van der Waals surface area contributed by atoms with E-state index in [1.165, 1.54) is 0 Å². The molecular weight excluding hydrogens is 445 g/mol. The third-order valence-electron chi connectivity index (χ3n) is 3.43. The van der Waals surface area contributed by atoms with Crippen LogP contribution in [0.5, 0.6) is 11.5 Å². The summed E-state index contributed by atoms with van der Waals surface area (Å²) < 4.78 is 24.6. The van der Waals surface area contributed by atoms with Crippen LogP contribution in [0.1, 0.15) is 5.56 Å². The van der Waals surface area contributed by atoms with Crippen LogP contribution in [0.15, 0.2) is 18.2 Å². The number of carbonyl (C=O) groups excluding carboxylic acids is 1. The molecule has 5 nitrogen and oxygen atoms in total. The first-order valence-electron chi connectivity index (χ1n) is 10.7. The Hall–Kier alpha value is -0.882. The van der Waals surface area contributed by atoms with E-state index in [2.05, 4.69) is 58.9 Å². The maximum absolute atomic E-state index is 12.9. The average Bonchev–Trinajstić information content (AvgIpc) is 2.43. The number of rotatable bonds is 10. The van der Waals surface area contributed by atoms with Crippen molar-refractivity contribution >= 4 is 39.2 Å². The van der Waals surface area contributed by atoms with E-state index in [4.69, 9.17) is 17.7 Å². The van der Waals surface area contributed by atoms with Crippen LogP contribution in [-0.4, -0.2) is 45.3 Å². The van der Waals surface area contributed by atoms with Crippen molar-refractivity contribution in [1.29, 1.82) is 0 Å². The van der Waals surface area contributed by atoms with Crippen LogP contribution in [0.2, 0.25) is 78.6 Å². The fraction of sp³-hybridized carbons (Fsp3) is 0.667. The molecule has 0 aliphatic carbocycles. The molecule has 0 spiro atoms. The summed E-state index contributed by atoms with van der Waals surface area (Å²) in [7, 11) is -7.56. The number of carbonyl (C=O) groups is 1. The second-order valence-corrected chi connectivity index (χ2v) is 29.4. The third kappa shape index (κ3) is 11.5. The molecule has 0 amide bonds. The predicted octanol–water partition coefficient (Wildman–Crippen LogP) is 6.25. The van der Waals surface area contributed by atoms with Crippen molar-refractivity contribution in [2.24, 2.45) is 0 Å². The van der Waals surface area contributed by atoms with Crippen LogP contribution in [0, 0.1) is 0 Å². The van der Waals surface area contributed by atoms with Gasteiger partial charge >= 0.3 is 5.97 Å². The van der Waals surface area contributed by atoms with Crippen molar-refractivity contribution in [3.05, 3.63) is 23.8 Å². The Labute approximate surface area is 188 Å². The van der Waals surface area contributed by atoms with Crippen LogP contribution in [0.4, 0.5) is 0 Å². The van der Waals surface area contributed by atoms with E-state index in [9.17, 15) is 4.79 Å². The smallest absolute Gasteiger partial charge is 0.321 e. The van der Waals surface area contributed by atoms with Crippen molar-refractivity contribution < 1.29 is 22.5 Å². The topological polar surface area (TPSA) is 54.0 Å². The van der Waals surface area contributed by atoms with E-state index in [0.29, 0.717) is 6.42 Å². The minimum absolute atomic E-state index is 0.258. The Kier molecular flexibility index (Phi) is 8.80. The van der Waals surface area contributed by atoms with Crippen molar-refractivity contribution in [2.45, 2.75) is 91.1 Å². The number of hydrogen-bond donors (Lipinski definition) is 0. The molecule has 0 aliphatic heterocycles. The van der Waals surface area contributed by atoms with Gasteiger partial charge in [-0.15, -0.1) is 0 Å². The van der Waals surface area contributed by atoms with Gasteiger partial charge in [-0.3, -0.25) is 4.79 Å². The first-order valence-corrected chi connectivity index (χ1v) is 24.3. The molecule has 0 fully saturated rings. The van der Waals surface area contributed by atoms with Gasteiger partial charge in [-0.1, -0.05) is 6.07 Å². The zero-order valence-corrected chi connectivity index (χ0v) is 25.1. The molecule has 1 aromatic rings. The quantitative estimate of drug-likeness (QED) is 0.366. The van der Waals surface area contributed by atoms with E-state index in [1.807, 2.05) is 37.8 Å². The standard InChI is InChI=1S/C21H42O5Si4/c1-27(2,3)23-18-14-13-17(15-19(18)24-28(4,5)6)16-20(25-29(7,8)9)21(22)26-30(10,11)12/h13-15,20H,16H2,1-12H3. The van der Waals surface area contributed by atoms with Crippen LogP contribution < -0.4 is 8.85 Å². The summed E-state index contributed by atoms with van der Waals surface area (Å²) in [6.45, 7) is 25.2. The van der Waals surface area contributed by atoms with Gasteiger partial charge in [0.05, 0.1) is 0 Å². The van der Waals surface area contributed by atoms with Crippen molar-refractivity contribution in [1.82, 2.24) is 0 Å². The molecule has 1 rings (SSSR count). The van der Waals surface area contributed by atoms with Gasteiger partial charge in [-0.25, -0.2) is 0 Å². The van der Waals surface area contributed by atoms with Crippen molar-refractivity contribution in [3.8, 4) is 11.5 Å². The van der Waals surface area contributed by atoms with Crippen LogP contribution in [0.25, 0.3) is 0 Å². The van der Waals surface area contributed by atoms with E-state index in [0.717, 1.165) is 17.1 Å². The van der Waals surface area contributed by atoms with E-state index >= 15 is 0 Å². The summed E-state index contributed by atoms with van der Waals surface area (Å²) in [5, 5.41) is 0. The summed E-state index contributed by atoms with van der Waals surface area (Å²) in [5.41, 5.74) is 0.988. The molecule has 0 bridgehead atoms. The van der Waals surface area contributed by atoms with Gasteiger partial charge in [0.25, 0.3) is 0 Å². The Morgan fingerprint density at radius 3 is 1.67 bits per heavy atom. The van der Waals surface area contributed by atoms with Crippen LogP contribution in [0.3, 0.4) is 0 Å². The lowest BCUT2D eigenvalue weighted by Crippen LogP contribution is -2.42. The van der Waals surface area contributed by atoms with Gasteiger partial charge in [0.2, 0.25) is 25.0 Å². The maximum atomic E-state index is 12.9. The lowest BCUT2D eigenvalue weighted by molar-refractivity contribution is -0.143.